The standard InChI is InChI=1S/C10H20N6O2S/c1-3-8(9(11)17)19-10-13-14-15-16(10)6-4-12-5-7-18-2/h8,12H,3-7H2,1-2H3,(H2,11,17). The van der Waals surface area contributed by atoms with E-state index in [1.807, 2.05) is 6.92 Å². The number of hydrogen-bond acceptors (Lipinski definition) is 7. The maximum atomic E-state index is 11.2. The van der Waals surface area contributed by atoms with E-state index < -0.39 is 0 Å². The number of thioether (sulfide) groups is 1. The summed E-state index contributed by atoms with van der Waals surface area (Å²) in [7, 11) is 1.66. The summed E-state index contributed by atoms with van der Waals surface area (Å²) in [5.41, 5.74) is 5.31. The molecule has 0 saturated heterocycles. The van der Waals surface area contributed by atoms with Gasteiger partial charge in [0.25, 0.3) is 0 Å². The van der Waals surface area contributed by atoms with Gasteiger partial charge in [0.05, 0.1) is 18.4 Å². The van der Waals surface area contributed by atoms with Crippen molar-refractivity contribution in [1.82, 2.24) is 25.5 Å². The average molecular weight is 288 g/mol. The van der Waals surface area contributed by atoms with Crippen LogP contribution in [0.3, 0.4) is 0 Å². The summed E-state index contributed by atoms with van der Waals surface area (Å²) in [5, 5.41) is 14.9. The summed E-state index contributed by atoms with van der Waals surface area (Å²) >= 11 is 1.30. The van der Waals surface area contributed by atoms with E-state index in [0.717, 1.165) is 13.1 Å². The number of tetrazole rings is 1. The third-order valence-corrected chi connectivity index (χ3v) is 3.77. The number of nitrogens with one attached hydrogen (secondary N) is 1. The van der Waals surface area contributed by atoms with Crippen molar-refractivity contribution >= 4 is 17.7 Å². The number of hydrogen-bond donors (Lipinski definition) is 2. The number of methoxy groups -OCH3 is 1. The van der Waals surface area contributed by atoms with Crippen molar-refractivity contribution in [2.75, 3.05) is 26.8 Å². The normalized spacial score (nSPS) is 12.5. The SMILES string of the molecule is CCC(Sc1nnnn1CCNCCOC)C(N)=O. The van der Waals surface area contributed by atoms with Crippen LogP contribution in [0.25, 0.3) is 0 Å². The van der Waals surface area contributed by atoms with Crippen LogP contribution >= 0.6 is 11.8 Å². The monoisotopic (exact) mass is 288 g/mol. The number of nitrogens with zero attached hydrogens (tertiary/aromatic N) is 4. The minimum atomic E-state index is -0.347. The fourth-order valence-corrected chi connectivity index (χ4v) is 2.25. The predicted molar refractivity (Wildman–Crippen MR) is 71.7 cm³/mol. The van der Waals surface area contributed by atoms with Gasteiger partial charge in [-0.15, -0.1) is 5.10 Å². The number of rotatable bonds is 10. The maximum Gasteiger partial charge on any atom is 0.231 e. The zero-order valence-corrected chi connectivity index (χ0v) is 12.0. The molecule has 0 aromatic carbocycles. The molecule has 0 aliphatic heterocycles. The highest BCUT2D eigenvalue weighted by atomic mass is 32.2. The van der Waals surface area contributed by atoms with Crippen molar-refractivity contribution in [1.29, 1.82) is 0 Å². The van der Waals surface area contributed by atoms with Crippen LogP contribution in [-0.2, 0) is 16.1 Å². The number of amides is 1. The highest BCUT2D eigenvalue weighted by Gasteiger charge is 2.18. The summed E-state index contributed by atoms with van der Waals surface area (Å²) in [5.74, 6) is -0.347. The molecule has 0 fully saturated rings. The molecule has 108 valence electrons. The number of ether oxygens (including phenoxy) is 1. The third-order valence-electron chi connectivity index (χ3n) is 2.42. The van der Waals surface area contributed by atoms with Crippen molar-refractivity contribution in [2.45, 2.75) is 30.3 Å². The molecule has 3 N–H and O–H groups in total. The van der Waals surface area contributed by atoms with E-state index in [2.05, 4.69) is 20.8 Å². The second-order valence-electron chi connectivity index (χ2n) is 3.84. The van der Waals surface area contributed by atoms with Gasteiger partial charge in [0, 0.05) is 20.2 Å². The molecule has 0 aliphatic rings. The molecule has 0 bridgehead atoms. The molecule has 0 aliphatic carbocycles. The lowest BCUT2D eigenvalue weighted by atomic mass is 10.3. The Bertz CT molecular complexity index is 386. The van der Waals surface area contributed by atoms with Gasteiger partial charge in [-0.1, -0.05) is 18.7 Å². The van der Waals surface area contributed by atoms with E-state index >= 15 is 0 Å². The second-order valence-corrected chi connectivity index (χ2v) is 5.01. The van der Waals surface area contributed by atoms with Gasteiger partial charge in [-0.05, 0) is 16.8 Å². The molecule has 1 unspecified atom stereocenters. The van der Waals surface area contributed by atoms with E-state index in [1.165, 1.54) is 11.8 Å². The lowest BCUT2D eigenvalue weighted by molar-refractivity contribution is -0.117. The number of carbonyl (C=O) groups is 1. The molecule has 1 atom stereocenters. The van der Waals surface area contributed by atoms with Gasteiger partial charge in [-0.25, -0.2) is 4.68 Å². The molecule has 8 nitrogen and oxygen atoms in total. The van der Waals surface area contributed by atoms with Crippen molar-refractivity contribution in [3.8, 4) is 0 Å². The van der Waals surface area contributed by atoms with Crippen LogP contribution in [0.5, 0.6) is 0 Å². The molecule has 0 spiro atoms. The molecule has 1 amide bonds. The summed E-state index contributed by atoms with van der Waals surface area (Å²) < 4.78 is 6.59. The van der Waals surface area contributed by atoms with Gasteiger partial charge in [-0.3, -0.25) is 4.79 Å². The molecule has 1 heterocycles. The largest absolute Gasteiger partial charge is 0.383 e. The van der Waals surface area contributed by atoms with Crippen LogP contribution in [0, 0.1) is 0 Å². The Labute approximate surface area is 116 Å². The number of nitrogens with two attached hydrogens (primary N) is 1. The molecule has 9 heteroatoms. The van der Waals surface area contributed by atoms with Crippen LogP contribution in [0.15, 0.2) is 5.16 Å². The summed E-state index contributed by atoms with van der Waals surface area (Å²) in [6.45, 7) is 4.71. The van der Waals surface area contributed by atoms with Crippen LogP contribution in [-0.4, -0.2) is 58.2 Å². The van der Waals surface area contributed by atoms with Crippen LogP contribution < -0.4 is 11.1 Å². The fraction of sp³-hybridized carbons (Fsp3) is 0.800. The zero-order valence-electron chi connectivity index (χ0n) is 11.2. The van der Waals surface area contributed by atoms with Crippen LogP contribution in [0.2, 0.25) is 0 Å². The molecular weight excluding hydrogens is 268 g/mol. The van der Waals surface area contributed by atoms with Crippen molar-refractivity contribution in [2.24, 2.45) is 5.73 Å². The summed E-state index contributed by atoms with van der Waals surface area (Å²) in [6.07, 6.45) is 0.652. The summed E-state index contributed by atoms with van der Waals surface area (Å²) in [4.78, 5) is 11.2. The molecule has 0 saturated carbocycles. The lowest BCUT2D eigenvalue weighted by Gasteiger charge is -2.10. The zero-order chi connectivity index (χ0) is 14.1. The molecule has 0 radical (unpaired) electrons. The van der Waals surface area contributed by atoms with E-state index in [4.69, 9.17) is 10.5 Å². The third kappa shape index (κ3) is 5.53. The van der Waals surface area contributed by atoms with Gasteiger partial charge in [0.15, 0.2) is 0 Å². The number of carbonyl (C=O) groups excluding carboxylic acids is 1. The minimum Gasteiger partial charge on any atom is -0.383 e. The van der Waals surface area contributed by atoms with Gasteiger partial charge in [-0.2, -0.15) is 0 Å². The first-order valence-electron chi connectivity index (χ1n) is 6.10. The van der Waals surface area contributed by atoms with E-state index in [0.29, 0.717) is 24.7 Å². The number of primary amides is 1. The van der Waals surface area contributed by atoms with Crippen molar-refractivity contribution in [3.63, 3.8) is 0 Å². The summed E-state index contributed by atoms with van der Waals surface area (Å²) in [6, 6.07) is 0. The minimum absolute atomic E-state index is 0.300. The Balaban J connectivity index is 2.43. The van der Waals surface area contributed by atoms with Crippen LogP contribution in [0.4, 0.5) is 0 Å². The fourth-order valence-electron chi connectivity index (χ4n) is 1.38. The molecule has 19 heavy (non-hydrogen) atoms. The van der Waals surface area contributed by atoms with E-state index in [1.54, 1.807) is 11.8 Å². The first-order chi connectivity index (χ1) is 9.19. The average Bonchev–Trinajstić information content (AvgIpc) is 2.82. The van der Waals surface area contributed by atoms with Gasteiger partial charge in [0.1, 0.15) is 0 Å². The predicted octanol–water partition coefficient (Wildman–Crippen LogP) is -0.735. The van der Waals surface area contributed by atoms with E-state index in [9.17, 15) is 4.79 Å². The van der Waals surface area contributed by atoms with E-state index in [-0.39, 0.29) is 11.2 Å². The molecule has 1 rings (SSSR count). The van der Waals surface area contributed by atoms with Crippen molar-refractivity contribution < 1.29 is 9.53 Å². The topological polar surface area (TPSA) is 108 Å². The van der Waals surface area contributed by atoms with Crippen LogP contribution in [0.1, 0.15) is 13.3 Å². The maximum absolute atomic E-state index is 11.2. The number of aromatic nitrogens is 4. The highest BCUT2D eigenvalue weighted by molar-refractivity contribution is 8.00. The quantitative estimate of drug-likeness (QED) is 0.431. The first kappa shape index (κ1) is 15.9. The molecular formula is C10H20N6O2S. The first-order valence-corrected chi connectivity index (χ1v) is 6.98. The van der Waals surface area contributed by atoms with Gasteiger partial charge < -0.3 is 15.8 Å². The lowest BCUT2D eigenvalue weighted by Crippen LogP contribution is -2.26. The molecule has 1 aromatic rings. The Hall–Kier alpha value is -1.19. The Morgan fingerprint density at radius 2 is 2.37 bits per heavy atom. The Morgan fingerprint density at radius 3 is 3.00 bits per heavy atom. The second kappa shape index (κ2) is 8.83. The highest BCUT2D eigenvalue weighted by Crippen LogP contribution is 2.22. The Morgan fingerprint density at radius 1 is 1.58 bits per heavy atom. The smallest absolute Gasteiger partial charge is 0.231 e. The van der Waals surface area contributed by atoms with Gasteiger partial charge in [0.2, 0.25) is 11.1 Å². The Kier molecular flexibility index (Phi) is 7.38. The van der Waals surface area contributed by atoms with Gasteiger partial charge >= 0.3 is 0 Å². The molecule has 1 aromatic heterocycles. The van der Waals surface area contributed by atoms with Crippen molar-refractivity contribution in [3.05, 3.63) is 0 Å².